The van der Waals surface area contributed by atoms with E-state index in [1.54, 1.807) is 19.1 Å². The Kier molecular flexibility index (Phi) is 7.73. The Bertz CT molecular complexity index is 1150. The van der Waals surface area contributed by atoms with Gasteiger partial charge in [-0.15, -0.1) is 5.92 Å². The number of hydrogen-bond acceptors (Lipinski definition) is 5. The number of carboxylic acid groups (broad SMARTS) is 1. The van der Waals surface area contributed by atoms with E-state index in [1.165, 1.54) is 24.3 Å². The van der Waals surface area contributed by atoms with Gasteiger partial charge in [0.15, 0.2) is 14.6 Å². The molecule has 2 aromatic carbocycles. The molecule has 1 aliphatic heterocycles. The molecule has 1 heterocycles. The van der Waals surface area contributed by atoms with Crippen molar-refractivity contribution >= 4 is 39.0 Å². The van der Waals surface area contributed by atoms with Crippen LogP contribution in [0.2, 0.25) is 10.0 Å². The van der Waals surface area contributed by atoms with Crippen molar-refractivity contribution in [2.75, 3.05) is 19.7 Å². The molecule has 0 saturated carbocycles. The molecular formula is C23H23Cl2NO5S. The average molecular weight is 496 g/mol. The summed E-state index contributed by atoms with van der Waals surface area (Å²) in [6.07, 6.45) is -0.0351. The minimum absolute atomic E-state index is 0.0175. The Balaban J connectivity index is 1.75. The van der Waals surface area contributed by atoms with E-state index in [-0.39, 0.29) is 24.3 Å². The van der Waals surface area contributed by atoms with Crippen molar-refractivity contribution in [3.8, 4) is 17.6 Å². The van der Waals surface area contributed by atoms with Gasteiger partial charge in [-0.05, 0) is 61.7 Å². The third kappa shape index (κ3) is 5.05. The van der Waals surface area contributed by atoms with Gasteiger partial charge in [0, 0.05) is 19.6 Å². The van der Waals surface area contributed by atoms with Crippen LogP contribution < -0.4 is 4.74 Å². The van der Waals surface area contributed by atoms with Crippen LogP contribution in [-0.2, 0) is 21.2 Å². The number of sulfone groups is 1. The molecule has 1 aliphatic rings. The highest BCUT2D eigenvalue weighted by Crippen LogP contribution is 2.37. The molecule has 0 bridgehead atoms. The lowest BCUT2D eigenvalue weighted by atomic mass is 9.95. The lowest BCUT2D eigenvalue weighted by molar-refractivity contribution is -0.141. The number of piperidine rings is 1. The molecule has 0 amide bonds. The van der Waals surface area contributed by atoms with Crippen molar-refractivity contribution in [3.63, 3.8) is 0 Å². The highest BCUT2D eigenvalue weighted by atomic mass is 35.5. The first-order chi connectivity index (χ1) is 15.2. The van der Waals surface area contributed by atoms with E-state index in [4.69, 9.17) is 27.9 Å². The zero-order valence-electron chi connectivity index (χ0n) is 17.5. The van der Waals surface area contributed by atoms with Crippen molar-refractivity contribution in [1.82, 2.24) is 4.90 Å². The summed E-state index contributed by atoms with van der Waals surface area (Å²) in [6, 6.07) is 11.1. The number of aliphatic carboxylic acids is 1. The molecule has 0 radical (unpaired) electrons. The molecule has 32 heavy (non-hydrogen) atoms. The van der Waals surface area contributed by atoms with Crippen molar-refractivity contribution in [1.29, 1.82) is 0 Å². The fourth-order valence-electron chi connectivity index (χ4n) is 3.70. The van der Waals surface area contributed by atoms with E-state index < -0.39 is 20.6 Å². The molecule has 1 saturated heterocycles. The third-order valence-corrected chi connectivity index (χ3v) is 8.82. The van der Waals surface area contributed by atoms with Gasteiger partial charge in [0.25, 0.3) is 0 Å². The molecule has 0 aromatic heterocycles. The number of carboxylic acids is 1. The van der Waals surface area contributed by atoms with Gasteiger partial charge in [0.05, 0.1) is 14.9 Å². The number of hydrogen-bond donors (Lipinski definition) is 1. The second kappa shape index (κ2) is 10.1. The summed E-state index contributed by atoms with van der Waals surface area (Å²) in [7, 11) is -4.12. The van der Waals surface area contributed by atoms with Crippen molar-refractivity contribution < 1.29 is 23.1 Å². The minimum atomic E-state index is -4.12. The molecule has 1 N–H and O–H groups in total. The lowest BCUT2D eigenvalue weighted by Crippen LogP contribution is -2.54. The van der Waals surface area contributed by atoms with Gasteiger partial charge in [0.1, 0.15) is 12.4 Å². The van der Waals surface area contributed by atoms with Gasteiger partial charge in [0.2, 0.25) is 0 Å². The van der Waals surface area contributed by atoms with Gasteiger partial charge in [-0.3, -0.25) is 9.69 Å². The second-order valence-electron chi connectivity index (χ2n) is 7.51. The number of benzene rings is 2. The Morgan fingerprint density at radius 2 is 1.78 bits per heavy atom. The number of likely N-dealkylation sites (tertiary alicyclic amines) is 1. The quantitative estimate of drug-likeness (QED) is 0.576. The van der Waals surface area contributed by atoms with Crippen LogP contribution >= 0.6 is 23.2 Å². The Morgan fingerprint density at radius 3 is 2.34 bits per heavy atom. The minimum Gasteiger partial charge on any atom is -0.481 e. The monoisotopic (exact) mass is 495 g/mol. The van der Waals surface area contributed by atoms with Gasteiger partial charge in [-0.2, -0.15) is 0 Å². The van der Waals surface area contributed by atoms with Crippen LogP contribution in [0.15, 0.2) is 47.4 Å². The summed E-state index contributed by atoms with van der Waals surface area (Å²) in [5, 5.41) is 10.9. The van der Waals surface area contributed by atoms with Gasteiger partial charge in [-0.1, -0.05) is 35.2 Å². The van der Waals surface area contributed by atoms with E-state index in [0.29, 0.717) is 35.4 Å². The fourth-order valence-corrected chi connectivity index (χ4v) is 5.91. The zero-order valence-corrected chi connectivity index (χ0v) is 19.8. The first kappa shape index (κ1) is 24.4. The van der Waals surface area contributed by atoms with E-state index in [2.05, 4.69) is 11.8 Å². The Labute approximate surface area is 198 Å². The van der Waals surface area contributed by atoms with Crippen LogP contribution in [0.3, 0.4) is 0 Å². The van der Waals surface area contributed by atoms with E-state index in [1.807, 2.05) is 11.0 Å². The number of rotatable bonds is 7. The predicted molar refractivity (Wildman–Crippen MR) is 124 cm³/mol. The maximum Gasteiger partial charge on any atom is 0.325 e. The van der Waals surface area contributed by atoms with E-state index >= 15 is 0 Å². The molecule has 6 nitrogen and oxygen atoms in total. The Morgan fingerprint density at radius 1 is 1.12 bits per heavy atom. The van der Waals surface area contributed by atoms with Crippen LogP contribution in [0.1, 0.15) is 25.3 Å². The second-order valence-corrected chi connectivity index (χ2v) is 10.6. The van der Waals surface area contributed by atoms with Gasteiger partial charge >= 0.3 is 5.97 Å². The largest absolute Gasteiger partial charge is 0.481 e. The number of ether oxygens (including phenoxy) is 1. The SMILES string of the molecule is CC#CCOc1ccc(S(=O)(=O)C2(C(=O)O)CCN(Cc3ccc(Cl)c(Cl)c3)CC2)cc1. The molecule has 1 fully saturated rings. The summed E-state index contributed by atoms with van der Waals surface area (Å²) in [5.74, 6) is 4.60. The summed E-state index contributed by atoms with van der Waals surface area (Å²) in [6.45, 7) is 3.06. The molecule has 9 heteroatoms. The molecular weight excluding hydrogens is 473 g/mol. The van der Waals surface area contributed by atoms with E-state index in [9.17, 15) is 18.3 Å². The number of halogens is 2. The van der Waals surface area contributed by atoms with Gasteiger partial charge in [-0.25, -0.2) is 8.42 Å². The normalized spacial score (nSPS) is 16.1. The van der Waals surface area contributed by atoms with Crippen molar-refractivity contribution in [2.45, 2.75) is 36.0 Å². The highest BCUT2D eigenvalue weighted by Gasteiger charge is 2.53. The van der Waals surface area contributed by atoms with Crippen LogP contribution in [0, 0.1) is 11.8 Å². The molecule has 0 spiro atoms. The third-order valence-electron chi connectivity index (χ3n) is 5.58. The maximum atomic E-state index is 13.4. The number of carbonyl (C=O) groups is 1. The summed E-state index contributed by atoms with van der Waals surface area (Å²) in [5.41, 5.74) is 0.924. The van der Waals surface area contributed by atoms with Crippen LogP contribution in [0.5, 0.6) is 5.75 Å². The average Bonchev–Trinajstić information content (AvgIpc) is 2.77. The topological polar surface area (TPSA) is 83.9 Å². The lowest BCUT2D eigenvalue weighted by Gasteiger charge is -2.38. The fraction of sp³-hybridized carbons (Fsp3) is 0.348. The van der Waals surface area contributed by atoms with Crippen LogP contribution in [0.4, 0.5) is 0 Å². The van der Waals surface area contributed by atoms with Crippen molar-refractivity contribution in [3.05, 3.63) is 58.1 Å². The molecule has 0 atom stereocenters. The first-order valence-electron chi connectivity index (χ1n) is 9.96. The van der Waals surface area contributed by atoms with E-state index in [0.717, 1.165) is 5.56 Å². The highest BCUT2D eigenvalue weighted by molar-refractivity contribution is 7.93. The molecule has 0 unspecified atom stereocenters. The maximum absolute atomic E-state index is 13.4. The Hall–Kier alpha value is -2.24. The summed E-state index contributed by atoms with van der Waals surface area (Å²) < 4.78 is 30.3. The predicted octanol–water partition coefficient (Wildman–Crippen LogP) is 4.29. The standard InChI is InChI=1S/C23H23Cl2NO5S/c1-2-3-14-31-18-5-7-19(8-6-18)32(29,30)23(22(27)28)10-12-26(13-11-23)16-17-4-9-20(24)21(25)15-17/h4-9,15H,10-14,16H2,1H3,(H,27,28). The molecule has 0 aliphatic carbocycles. The molecule has 170 valence electrons. The van der Waals surface area contributed by atoms with Crippen LogP contribution in [-0.4, -0.2) is 48.8 Å². The van der Waals surface area contributed by atoms with Crippen LogP contribution in [0.25, 0.3) is 0 Å². The number of nitrogens with zero attached hydrogens (tertiary/aromatic N) is 1. The first-order valence-corrected chi connectivity index (χ1v) is 12.2. The zero-order chi connectivity index (χ0) is 23.4. The van der Waals surface area contributed by atoms with Gasteiger partial charge < -0.3 is 9.84 Å². The summed E-state index contributed by atoms with van der Waals surface area (Å²) in [4.78, 5) is 14.2. The summed E-state index contributed by atoms with van der Waals surface area (Å²) >= 11 is 12.0. The smallest absolute Gasteiger partial charge is 0.325 e. The molecule has 3 rings (SSSR count). The van der Waals surface area contributed by atoms with Crippen molar-refractivity contribution in [2.24, 2.45) is 0 Å². The molecule has 2 aromatic rings.